The minimum atomic E-state index is -1.50. The predicted octanol–water partition coefficient (Wildman–Crippen LogP) is 3.00. The molecule has 2 fully saturated rings. The lowest BCUT2D eigenvalue weighted by Gasteiger charge is -2.33. The number of hydrogen-bond donors (Lipinski definition) is 2. The first-order valence-corrected chi connectivity index (χ1v) is 7.95. The standard InChI is InChI=1S/C16H18F4N2O2/c17-10-6-11(18)15(20)9(14(10)19)7-21-16(23)22-12-2-1-3-13-8(12)4-5-24-13/h6,8,12-13H,1-5,7H2,(H2,21,22,23)/t8-,12+,13-/m0/s1. The van der Waals surface area contributed by atoms with Crippen LogP contribution >= 0.6 is 0 Å². The summed E-state index contributed by atoms with van der Waals surface area (Å²) in [4.78, 5) is 12.0. The molecular weight excluding hydrogens is 328 g/mol. The van der Waals surface area contributed by atoms with Crippen LogP contribution < -0.4 is 10.6 Å². The van der Waals surface area contributed by atoms with E-state index in [1.54, 1.807) is 0 Å². The normalized spacial score (nSPS) is 26.1. The first-order valence-electron chi connectivity index (χ1n) is 7.95. The van der Waals surface area contributed by atoms with Gasteiger partial charge in [-0.05, 0) is 25.7 Å². The van der Waals surface area contributed by atoms with Crippen LogP contribution in [-0.4, -0.2) is 24.8 Å². The Morgan fingerprint density at radius 2 is 1.83 bits per heavy atom. The number of amides is 2. The zero-order chi connectivity index (χ0) is 17.3. The Bertz CT molecular complexity index is 615. The van der Waals surface area contributed by atoms with Crippen molar-refractivity contribution in [3.8, 4) is 0 Å². The third-order valence-electron chi connectivity index (χ3n) is 4.73. The second-order valence-electron chi connectivity index (χ2n) is 6.17. The van der Waals surface area contributed by atoms with Crippen LogP contribution in [-0.2, 0) is 11.3 Å². The second-order valence-corrected chi connectivity index (χ2v) is 6.17. The Labute approximate surface area is 136 Å². The summed E-state index contributed by atoms with van der Waals surface area (Å²) in [7, 11) is 0. The lowest BCUT2D eigenvalue weighted by molar-refractivity contribution is 0.0549. The molecule has 2 amide bonds. The van der Waals surface area contributed by atoms with Gasteiger partial charge in [-0.25, -0.2) is 22.4 Å². The van der Waals surface area contributed by atoms with E-state index in [0.29, 0.717) is 6.61 Å². The molecule has 3 rings (SSSR count). The minimum absolute atomic E-state index is 0.0785. The van der Waals surface area contributed by atoms with E-state index in [4.69, 9.17) is 4.74 Å². The molecule has 1 aromatic carbocycles. The number of rotatable bonds is 3. The number of hydrogen-bond acceptors (Lipinski definition) is 2. The van der Waals surface area contributed by atoms with Crippen molar-refractivity contribution in [2.45, 2.75) is 44.4 Å². The maximum atomic E-state index is 13.6. The number of carbonyl (C=O) groups is 1. The topological polar surface area (TPSA) is 50.4 Å². The predicted molar refractivity (Wildman–Crippen MR) is 77.1 cm³/mol. The first-order chi connectivity index (χ1) is 11.5. The third kappa shape index (κ3) is 3.33. The number of nitrogens with one attached hydrogen (secondary N) is 2. The lowest BCUT2D eigenvalue weighted by Crippen LogP contribution is -2.49. The van der Waals surface area contributed by atoms with Crippen LogP contribution in [0.2, 0.25) is 0 Å². The van der Waals surface area contributed by atoms with Crippen molar-refractivity contribution < 1.29 is 27.1 Å². The fourth-order valence-corrected chi connectivity index (χ4v) is 3.52. The highest BCUT2D eigenvalue weighted by Crippen LogP contribution is 2.34. The number of carbonyl (C=O) groups excluding carboxylic acids is 1. The third-order valence-corrected chi connectivity index (χ3v) is 4.73. The van der Waals surface area contributed by atoms with E-state index in [2.05, 4.69) is 10.6 Å². The van der Waals surface area contributed by atoms with Crippen molar-refractivity contribution in [3.05, 3.63) is 34.9 Å². The number of halogens is 4. The van der Waals surface area contributed by atoms with Gasteiger partial charge in [0.25, 0.3) is 0 Å². The summed E-state index contributed by atoms with van der Waals surface area (Å²) in [5.41, 5.74) is -0.839. The van der Waals surface area contributed by atoms with Crippen molar-refractivity contribution in [3.63, 3.8) is 0 Å². The smallest absolute Gasteiger partial charge is 0.315 e. The minimum Gasteiger partial charge on any atom is -0.378 e. The van der Waals surface area contributed by atoms with E-state index in [-0.39, 0.29) is 24.1 Å². The zero-order valence-corrected chi connectivity index (χ0v) is 12.9. The summed E-state index contributed by atoms with van der Waals surface area (Å²) in [5.74, 6) is -5.77. The molecule has 1 aliphatic heterocycles. The van der Waals surface area contributed by atoms with Crippen LogP contribution in [0, 0.1) is 29.2 Å². The van der Waals surface area contributed by atoms with Gasteiger partial charge in [0.15, 0.2) is 23.3 Å². The Morgan fingerprint density at radius 1 is 1.12 bits per heavy atom. The fraction of sp³-hybridized carbons (Fsp3) is 0.562. The van der Waals surface area contributed by atoms with Gasteiger partial charge >= 0.3 is 6.03 Å². The van der Waals surface area contributed by atoms with Crippen molar-refractivity contribution in [2.24, 2.45) is 5.92 Å². The molecule has 1 heterocycles. The Balaban J connectivity index is 1.60. The van der Waals surface area contributed by atoms with Crippen LogP contribution in [0.25, 0.3) is 0 Å². The number of ether oxygens (including phenoxy) is 1. The van der Waals surface area contributed by atoms with E-state index in [1.807, 2.05) is 0 Å². The second kappa shape index (κ2) is 6.96. The van der Waals surface area contributed by atoms with Gasteiger partial charge in [0, 0.05) is 30.2 Å². The summed E-state index contributed by atoms with van der Waals surface area (Å²) in [6, 6.07) is -0.572. The summed E-state index contributed by atoms with van der Waals surface area (Å²) in [6.45, 7) is 0.0175. The molecule has 0 radical (unpaired) electrons. The lowest BCUT2D eigenvalue weighted by atomic mass is 9.82. The van der Waals surface area contributed by atoms with Crippen LogP contribution in [0.1, 0.15) is 31.2 Å². The highest BCUT2D eigenvalue weighted by atomic mass is 19.2. The molecule has 2 N–H and O–H groups in total. The van der Waals surface area contributed by atoms with E-state index in [9.17, 15) is 22.4 Å². The summed E-state index contributed by atoms with van der Waals surface area (Å²) in [6.07, 6.45) is 3.67. The van der Waals surface area contributed by atoms with Gasteiger partial charge in [0.05, 0.1) is 12.6 Å². The summed E-state index contributed by atoms with van der Waals surface area (Å²) < 4.78 is 59.0. The first kappa shape index (κ1) is 17.0. The SMILES string of the molecule is O=C(NCc1c(F)c(F)cc(F)c1F)N[C@@H]1CCC[C@@H]2OCC[C@H]21. The van der Waals surface area contributed by atoms with E-state index in [0.717, 1.165) is 25.7 Å². The molecule has 3 atom stereocenters. The zero-order valence-electron chi connectivity index (χ0n) is 12.9. The summed E-state index contributed by atoms with van der Waals surface area (Å²) in [5, 5.41) is 5.02. The van der Waals surface area contributed by atoms with Gasteiger partial charge in [-0.3, -0.25) is 0 Å². The largest absolute Gasteiger partial charge is 0.378 e. The molecule has 0 aromatic heterocycles. The highest BCUT2D eigenvalue weighted by Gasteiger charge is 2.38. The average Bonchev–Trinajstić information content (AvgIpc) is 3.03. The molecule has 1 aliphatic carbocycles. The molecule has 132 valence electrons. The van der Waals surface area contributed by atoms with E-state index in [1.165, 1.54) is 0 Å². The van der Waals surface area contributed by atoms with Crippen molar-refractivity contribution >= 4 is 6.03 Å². The van der Waals surface area contributed by atoms with Gasteiger partial charge < -0.3 is 15.4 Å². The Kier molecular flexibility index (Phi) is 4.93. The molecule has 8 heteroatoms. The molecular formula is C16H18F4N2O2. The highest BCUT2D eigenvalue weighted by molar-refractivity contribution is 5.74. The van der Waals surface area contributed by atoms with E-state index < -0.39 is 41.4 Å². The quantitative estimate of drug-likeness (QED) is 0.653. The number of benzene rings is 1. The maximum Gasteiger partial charge on any atom is 0.315 e. The Morgan fingerprint density at radius 3 is 2.54 bits per heavy atom. The van der Waals surface area contributed by atoms with Gasteiger partial charge in [0.1, 0.15) is 0 Å². The van der Waals surface area contributed by atoms with Crippen molar-refractivity contribution in [1.29, 1.82) is 0 Å². The van der Waals surface area contributed by atoms with Gasteiger partial charge in [-0.1, -0.05) is 0 Å². The fourth-order valence-electron chi connectivity index (χ4n) is 3.52. The van der Waals surface area contributed by atoms with E-state index >= 15 is 0 Å². The van der Waals surface area contributed by atoms with Crippen LogP contribution in [0.3, 0.4) is 0 Å². The molecule has 0 bridgehead atoms. The maximum absolute atomic E-state index is 13.6. The molecule has 1 saturated carbocycles. The molecule has 1 aromatic rings. The monoisotopic (exact) mass is 346 g/mol. The molecule has 0 unspecified atom stereocenters. The van der Waals surface area contributed by atoms with Crippen LogP contribution in [0.4, 0.5) is 22.4 Å². The number of fused-ring (bicyclic) bond motifs is 1. The van der Waals surface area contributed by atoms with Gasteiger partial charge in [0.2, 0.25) is 0 Å². The van der Waals surface area contributed by atoms with Crippen LogP contribution in [0.5, 0.6) is 0 Å². The van der Waals surface area contributed by atoms with Gasteiger partial charge in [-0.2, -0.15) is 0 Å². The molecule has 2 aliphatic rings. The molecule has 0 spiro atoms. The van der Waals surface area contributed by atoms with Crippen molar-refractivity contribution in [2.75, 3.05) is 6.61 Å². The molecule has 1 saturated heterocycles. The Hall–Kier alpha value is -1.83. The molecule has 24 heavy (non-hydrogen) atoms. The van der Waals surface area contributed by atoms with Crippen molar-refractivity contribution in [1.82, 2.24) is 10.6 Å². The summed E-state index contributed by atoms with van der Waals surface area (Å²) >= 11 is 0. The van der Waals surface area contributed by atoms with Crippen LogP contribution in [0.15, 0.2) is 6.07 Å². The average molecular weight is 346 g/mol. The van der Waals surface area contributed by atoms with Gasteiger partial charge in [-0.15, -0.1) is 0 Å². The number of urea groups is 1. The molecule has 4 nitrogen and oxygen atoms in total.